The van der Waals surface area contributed by atoms with E-state index in [4.69, 9.17) is 29.0 Å². The number of fused-ring (bicyclic) bond motifs is 24. The fraction of sp³-hybridized carbons (Fsp3) is 0. The predicted molar refractivity (Wildman–Crippen MR) is 307 cm³/mol. The molecule has 5 heterocycles. The normalized spacial score (nSPS) is 14.7. The molecular weight excluding hydrogens is 1090 g/mol. The van der Waals surface area contributed by atoms with Gasteiger partial charge in [-0.25, -0.2) is 4.98 Å². The van der Waals surface area contributed by atoms with Gasteiger partial charge in [0.1, 0.15) is 0 Å². The van der Waals surface area contributed by atoms with Crippen LogP contribution in [-0.4, -0.2) is 15.0 Å². The monoisotopic (exact) mass is 1150 g/mol. The van der Waals surface area contributed by atoms with Crippen molar-refractivity contribution < 1.29 is 41.6 Å². The average Bonchev–Trinajstić information content (AvgIpc) is 1.54. The first-order valence-electron chi connectivity index (χ1n) is 31.4. The second-order valence-corrected chi connectivity index (χ2v) is 18.4. The van der Waals surface area contributed by atoms with Crippen LogP contribution in [0.5, 0.6) is 0 Å². The van der Waals surface area contributed by atoms with Crippen molar-refractivity contribution in [2.45, 2.75) is 0 Å². The molecule has 0 saturated carbocycles. The van der Waals surface area contributed by atoms with Crippen molar-refractivity contribution in [3.8, 4) is 78.5 Å². The van der Waals surface area contributed by atoms with Crippen LogP contribution in [0.3, 0.4) is 0 Å². The van der Waals surface area contributed by atoms with Gasteiger partial charge in [-0.1, -0.05) is 188 Å². The van der Waals surface area contributed by atoms with E-state index in [1.807, 2.05) is 146 Å². The van der Waals surface area contributed by atoms with Gasteiger partial charge in [0.2, 0.25) is 0 Å². The van der Waals surface area contributed by atoms with Crippen molar-refractivity contribution >= 4 is 86.8 Å². The first-order chi connectivity index (χ1) is 42.9. The minimum atomic E-state index is -0.676. The van der Waals surface area contributed by atoms with Crippen molar-refractivity contribution in [1.29, 1.82) is 0 Å². The number of aromatic nitrogens is 5. The zero-order valence-corrected chi connectivity index (χ0v) is 41.2. The van der Waals surface area contributed by atoms with E-state index < -0.39 is 90.6 Å². The molecule has 0 amide bonds. The van der Waals surface area contributed by atoms with Gasteiger partial charge in [-0.15, -0.1) is 11.0 Å². The van der Waals surface area contributed by atoms with Gasteiger partial charge in [-0.3, -0.25) is 4.98 Å². The largest absolute Gasteiger partial charge is 2.00 e. The van der Waals surface area contributed by atoms with Gasteiger partial charge in [0.05, 0.1) is 43.5 Å². The third kappa shape index (κ3) is 6.71. The summed E-state index contributed by atoms with van der Waals surface area (Å²) in [5.74, 6) is 0.0970. The smallest absolute Gasteiger partial charge is 0.656 e. The quantitative estimate of drug-likeness (QED) is 0.176. The topological polar surface area (TPSA) is 66.9 Å². The van der Waals surface area contributed by atoms with Crippen LogP contribution in [0.15, 0.2) is 236 Å². The Morgan fingerprint density at radius 3 is 1.01 bits per heavy atom. The fourth-order valence-corrected chi connectivity index (χ4v) is 11.0. The summed E-state index contributed by atoms with van der Waals surface area (Å²) >= 11 is 0. The number of benzene rings is 11. The van der Waals surface area contributed by atoms with Crippen LogP contribution in [-0.2, 0) is 21.1 Å². The van der Waals surface area contributed by atoms with E-state index in [1.54, 1.807) is 0 Å². The summed E-state index contributed by atoms with van der Waals surface area (Å²) in [6.45, 7) is 0. The van der Waals surface area contributed by atoms with Crippen LogP contribution in [0.2, 0.25) is 0 Å². The van der Waals surface area contributed by atoms with Gasteiger partial charge in [0, 0.05) is 27.8 Å². The minimum Gasteiger partial charge on any atom is -0.656 e. The molecule has 8 bridgehead atoms. The molecule has 0 aliphatic carbocycles. The Morgan fingerprint density at radius 1 is 0.307 bits per heavy atom. The molecule has 11 aromatic carbocycles. The molecule has 14 aromatic rings. The Labute approximate surface area is 466 Å². The van der Waals surface area contributed by atoms with Crippen LogP contribution >= 0.6 is 0 Å². The van der Waals surface area contributed by atoms with E-state index in [9.17, 15) is 16.4 Å². The molecule has 0 N–H and O–H groups in total. The molecule has 0 spiro atoms. The van der Waals surface area contributed by atoms with Crippen molar-refractivity contribution in [3.63, 3.8) is 0 Å². The molecule has 0 atom stereocenters. The molecule has 2 aliphatic heterocycles. The Morgan fingerprint density at radius 2 is 0.613 bits per heavy atom. The zero-order valence-electron chi connectivity index (χ0n) is 53.9. The molecule has 2 aliphatic rings. The van der Waals surface area contributed by atoms with Gasteiger partial charge in [0.15, 0.2) is 0 Å². The van der Waals surface area contributed by atoms with Crippen LogP contribution in [0.25, 0.3) is 165 Å². The van der Waals surface area contributed by atoms with Gasteiger partial charge >= 0.3 is 21.1 Å². The summed E-state index contributed by atoms with van der Waals surface area (Å²) in [7, 11) is 0. The average molecular weight is 1150 g/mol. The van der Waals surface area contributed by atoms with E-state index in [0.29, 0.717) is 65.3 Å². The Kier molecular flexibility index (Phi) is 6.91. The van der Waals surface area contributed by atoms with Crippen LogP contribution in [0, 0.1) is 0 Å². The van der Waals surface area contributed by atoms with E-state index in [1.165, 1.54) is 0 Å². The van der Waals surface area contributed by atoms with Gasteiger partial charge in [0.25, 0.3) is 0 Å². The molecule has 6 heteroatoms. The number of nitrogens with zero attached hydrogens (tertiary/aromatic N) is 5. The van der Waals surface area contributed by atoms with Crippen molar-refractivity contribution in [1.82, 2.24) is 24.9 Å². The second-order valence-electron chi connectivity index (χ2n) is 18.4. The zero-order chi connectivity index (χ0) is 61.5. The number of rotatable bonds is 3. The third-order valence-electron chi connectivity index (χ3n) is 14.3. The first kappa shape index (κ1) is 30.7. The SMILES string of the molecule is [2H]c1c([2H])c([2H])c(-c2c3nc(c(-c4c([2H])c([2H])c([2H])c([2H])c4[2H])c4[n-]c(c(-c5c([2H])c([2H])c([2H])c([2H])c5[2H])c5nc(nc6[n-]c2c2cc7ccccc7cc62)-c2cc6ccccc6cc2-5)c2cc5ccccc5cc42)-c2cc4ccccc4cc2-3)c([2H])c1[2H].[Pt+2]. The Balaban J connectivity index is 0.00000676. The maximum Gasteiger partial charge on any atom is 2.00 e. The van der Waals surface area contributed by atoms with E-state index in [0.717, 1.165) is 21.5 Å². The Bertz CT molecular complexity index is 5690. The summed E-state index contributed by atoms with van der Waals surface area (Å²) in [6.07, 6.45) is 0. The molecule has 0 saturated heterocycles. The number of hydrogen-bond donors (Lipinski definition) is 0. The maximum atomic E-state index is 9.90. The molecule has 0 fully saturated rings. The van der Waals surface area contributed by atoms with Gasteiger partial charge < -0.3 is 15.0 Å². The van der Waals surface area contributed by atoms with Crippen molar-refractivity contribution in [2.75, 3.05) is 0 Å². The summed E-state index contributed by atoms with van der Waals surface area (Å²) in [4.78, 5) is 27.5. The minimum absolute atomic E-state index is 0. The maximum absolute atomic E-state index is 9.90. The summed E-state index contributed by atoms with van der Waals surface area (Å²) < 4.78 is 141. The summed E-state index contributed by atoms with van der Waals surface area (Å²) in [5.41, 5.74) is 1.13. The molecule has 16 rings (SSSR count). The predicted octanol–water partition coefficient (Wildman–Crippen LogP) is 17.6. The Hall–Kier alpha value is -9.28. The molecule has 350 valence electrons. The summed E-state index contributed by atoms with van der Waals surface area (Å²) in [5, 5.41) is 7.51. The van der Waals surface area contributed by atoms with Crippen LogP contribution < -0.4 is 9.97 Å². The molecular formula is C69H39N5Pt. The molecule has 0 unspecified atom stereocenters. The third-order valence-corrected chi connectivity index (χ3v) is 14.3. The first-order valence-corrected chi connectivity index (χ1v) is 23.9. The summed E-state index contributed by atoms with van der Waals surface area (Å²) in [6, 6.07) is 35.8. The van der Waals surface area contributed by atoms with E-state index in [2.05, 4.69) is 0 Å². The fourth-order valence-electron chi connectivity index (χ4n) is 11.0. The second kappa shape index (κ2) is 16.9. The van der Waals surface area contributed by atoms with Gasteiger partial charge in [-0.2, -0.15) is 0 Å². The van der Waals surface area contributed by atoms with Crippen molar-refractivity contribution in [2.24, 2.45) is 0 Å². The molecule has 75 heavy (non-hydrogen) atoms. The molecule has 5 nitrogen and oxygen atoms in total. The van der Waals surface area contributed by atoms with Crippen LogP contribution in [0.1, 0.15) is 20.6 Å². The van der Waals surface area contributed by atoms with E-state index >= 15 is 0 Å². The van der Waals surface area contributed by atoms with Crippen LogP contribution in [0.4, 0.5) is 0 Å². The van der Waals surface area contributed by atoms with E-state index in [-0.39, 0.29) is 99.5 Å². The standard InChI is InChI=1S/C69H39N5.Pt/c1-4-18-40(19-5-1)59-62-51-32-43-24-10-12-26-45(43)34-53(51)64(70-62)60(41-20-6-2-7-21-41)66-55-36-47-28-14-16-30-49(47)38-57(55)68(72-66)74-69-58-39-50-31-17-15-29-48(50)37-56(58)67(73-69)61(42-22-8-3-9-23-42)65-54-35-46-27-13-11-25-44(46)33-52(54)63(59)71-65;/h1-39H;/q-2;+2/i1D,2D,3D,4D,5D,6D,7D,8D,9D,18D,19D,20D,21D,22D,23D;. The molecule has 3 aromatic heterocycles. The van der Waals surface area contributed by atoms with Crippen molar-refractivity contribution in [3.05, 3.63) is 236 Å². The number of hydrogen-bond acceptors (Lipinski definition) is 3. The van der Waals surface area contributed by atoms with Gasteiger partial charge in [-0.05, 0) is 152 Å². The molecule has 0 radical (unpaired) electrons.